The number of rotatable bonds is 3. The van der Waals surface area contributed by atoms with E-state index in [1.54, 1.807) is 31.3 Å². The molecule has 0 bridgehead atoms. The molecule has 1 heterocycles. The van der Waals surface area contributed by atoms with Crippen LogP contribution in [0.4, 0.5) is 5.69 Å². The number of sulfonamides is 1. The third-order valence-electron chi connectivity index (χ3n) is 3.15. The van der Waals surface area contributed by atoms with Gasteiger partial charge < -0.3 is 4.42 Å². The first kappa shape index (κ1) is 14.9. The molecule has 0 atom stereocenters. The smallest absolute Gasteiger partial charge is 0.408 e. The van der Waals surface area contributed by atoms with Crippen LogP contribution in [0.5, 0.6) is 0 Å². The van der Waals surface area contributed by atoms with Crippen LogP contribution in [-0.2, 0) is 17.1 Å². The van der Waals surface area contributed by atoms with Crippen molar-refractivity contribution in [3.05, 3.63) is 57.5 Å². The number of benzene rings is 2. The first-order chi connectivity index (χ1) is 10.4. The summed E-state index contributed by atoms with van der Waals surface area (Å²) in [5, 5.41) is 0. The SMILES string of the molecule is Cn1c(=O)oc2cc(S(=O)(=O)Nc3cccc(Br)c3)ccc21. The van der Waals surface area contributed by atoms with Crippen LogP contribution in [0.3, 0.4) is 0 Å². The largest absolute Gasteiger partial charge is 0.419 e. The van der Waals surface area contributed by atoms with E-state index in [9.17, 15) is 13.2 Å². The molecule has 0 aliphatic heterocycles. The van der Waals surface area contributed by atoms with Crippen molar-refractivity contribution in [2.45, 2.75) is 4.90 Å². The van der Waals surface area contributed by atoms with Gasteiger partial charge >= 0.3 is 5.76 Å². The molecular formula is C14H11BrN2O4S. The highest BCUT2D eigenvalue weighted by Gasteiger charge is 2.17. The highest BCUT2D eigenvalue weighted by atomic mass is 79.9. The van der Waals surface area contributed by atoms with E-state index in [2.05, 4.69) is 20.7 Å². The molecule has 1 aromatic heterocycles. The van der Waals surface area contributed by atoms with Gasteiger partial charge in [0.1, 0.15) is 0 Å². The maximum atomic E-state index is 12.4. The number of hydrogen-bond acceptors (Lipinski definition) is 4. The van der Waals surface area contributed by atoms with E-state index in [1.165, 1.54) is 22.8 Å². The minimum absolute atomic E-state index is 0.0225. The Kier molecular flexibility index (Phi) is 3.57. The van der Waals surface area contributed by atoms with Gasteiger partial charge in [0.25, 0.3) is 10.0 Å². The third-order valence-corrected chi connectivity index (χ3v) is 5.02. The van der Waals surface area contributed by atoms with E-state index in [0.29, 0.717) is 11.2 Å². The van der Waals surface area contributed by atoms with Crippen molar-refractivity contribution in [2.24, 2.45) is 7.05 Å². The molecule has 3 aromatic rings. The van der Waals surface area contributed by atoms with Gasteiger partial charge in [-0.25, -0.2) is 13.2 Å². The molecule has 114 valence electrons. The number of oxazole rings is 1. The molecule has 0 aliphatic carbocycles. The van der Waals surface area contributed by atoms with E-state index in [-0.39, 0.29) is 10.5 Å². The van der Waals surface area contributed by atoms with Gasteiger partial charge in [0.15, 0.2) is 5.58 Å². The lowest BCUT2D eigenvalue weighted by Gasteiger charge is -2.08. The number of halogens is 1. The van der Waals surface area contributed by atoms with Crippen molar-refractivity contribution < 1.29 is 12.8 Å². The summed E-state index contributed by atoms with van der Waals surface area (Å²) in [7, 11) is -2.21. The van der Waals surface area contributed by atoms with Crippen LogP contribution in [0.15, 0.2) is 61.0 Å². The summed E-state index contributed by atoms with van der Waals surface area (Å²) in [5.41, 5.74) is 1.19. The number of nitrogens with zero attached hydrogens (tertiary/aromatic N) is 1. The first-order valence-electron chi connectivity index (χ1n) is 6.25. The van der Waals surface area contributed by atoms with Crippen molar-refractivity contribution in [3.63, 3.8) is 0 Å². The Labute approximate surface area is 134 Å². The van der Waals surface area contributed by atoms with Crippen LogP contribution in [0.2, 0.25) is 0 Å². The second kappa shape index (κ2) is 5.29. The minimum Gasteiger partial charge on any atom is -0.408 e. The molecule has 0 fully saturated rings. The quantitative estimate of drug-likeness (QED) is 0.754. The van der Waals surface area contributed by atoms with Crippen molar-refractivity contribution in [1.29, 1.82) is 0 Å². The predicted molar refractivity (Wildman–Crippen MR) is 86.4 cm³/mol. The van der Waals surface area contributed by atoms with Crippen molar-refractivity contribution in [3.8, 4) is 0 Å². The maximum absolute atomic E-state index is 12.4. The molecule has 6 nitrogen and oxygen atoms in total. The third kappa shape index (κ3) is 2.67. The number of aromatic nitrogens is 1. The van der Waals surface area contributed by atoms with E-state index >= 15 is 0 Å². The molecule has 3 rings (SSSR count). The van der Waals surface area contributed by atoms with Gasteiger partial charge in [-0.1, -0.05) is 22.0 Å². The van der Waals surface area contributed by atoms with Crippen molar-refractivity contribution in [1.82, 2.24) is 4.57 Å². The molecule has 2 aromatic carbocycles. The maximum Gasteiger partial charge on any atom is 0.419 e. The fourth-order valence-electron chi connectivity index (χ4n) is 2.05. The lowest BCUT2D eigenvalue weighted by atomic mass is 10.3. The zero-order valence-electron chi connectivity index (χ0n) is 11.4. The summed E-state index contributed by atoms with van der Waals surface area (Å²) >= 11 is 3.28. The summed E-state index contributed by atoms with van der Waals surface area (Å²) in [4.78, 5) is 11.5. The highest BCUT2D eigenvalue weighted by molar-refractivity contribution is 9.10. The normalized spacial score (nSPS) is 11.7. The number of fused-ring (bicyclic) bond motifs is 1. The Balaban J connectivity index is 2.03. The van der Waals surface area contributed by atoms with Gasteiger partial charge in [0.05, 0.1) is 10.4 Å². The molecule has 0 amide bonds. The van der Waals surface area contributed by atoms with Crippen LogP contribution in [0, 0.1) is 0 Å². The monoisotopic (exact) mass is 382 g/mol. The Morgan fingerprint density at radius 1 is 1.18 bits per heavy atom. The van der Waals surface area contributed by atoms with E-state index in [4.69, 9.17) is 4.42 Å². The van der Waals surface area contributed by atoms with Gasteiger partial charge in [0, 0.05) is 23.3 Å². The van der Waals surface area contributed by atoms with Crippen LogP contribution in [0.25, 0.3) is 11.1 Å². The molecule has 0 saturated carbocycles. The van der Waals surface area contributed by atoms with Gasteiger partial charge in [-0.3, -0.25) is 9.29 Å². The summed E-state index contributed by atoms with van der Waals surface area (Å²) in [6, 6.07) is 11.1. The van der Waals surface area contributed by atoms with Gasteiger partial charge in [0.2, 0.25) is 0 Å². The van der Waals surface area contributed by atoms with Gasteiger partial charge in [-0.15, -0.1) is 0 Å². The molecule has 8 heteroatoms. The van der Waals surface area contributed by atoms with Crippen LogP contribution < -0.4 is 10.5 Å². The number of anilines is 1. The number of hydrogen-bond donors (Lipinski definition) is 1. The Morgan fingerprint density at radius 2 is 1.95 bits per heavy atom. The number of aryl methyl sites for hydroxylation is 1. The molecule has 0 saturated heterocycles. The fourth-order valence-corrected chi connectivity index (χ4v) is 3.51. The zero-order valence-corrected chi connectivity index (χ0v) is 13.8. The topological polar surface area (TPSA) is 81.3 Å². The van der Waals surface area contributed by atoms with Crippen LogP contribution in [0.1, 0.15) is 0 Å². The van der Waals surface area contributed by atoms with Crippen LogP contribution >= 0.6 is 15.9 Å². The average molecular weight is 383 g/mol. The molecule has 0 aliphatic rings. The number of nitrogens with one attached hydrogen (secondary N) is 1. The lowest BCUT2D eigenvalue weighted by Crippen LogP contribution is -2.12. The first-order valence-corrected chi connectivity index (χ1v) is 8.52. The summed E-state index contributed by atoms with van der Waals surface area (Å²) in [6.07, 6.45) is 0. The Morgan fingerprint density at radius 3 is 2.68 bits per heavy atom. The molecular weight excluding hydrogens is 372 g/mol. The van der Waals surface area contributed by atoms with Crippen molar-refractivity contribution >= 4 is 42.7 Å². The Hall–Kier alpha value is -2.06. The molecule has 0 spiro atoms. The molecule has 1 N–H and O–H groups in total. The summed E-state index contributed by atoms with van der Waals surface area (Å²) in [5.74, 6) is -0.538. The second-order valence-electron chi connectivity index (χ2n) is 4.67. The standard InChI is InChI=1S/C14H11BrN2O4S/c1-17-12-6-5-11(8-13(12)21-14(17)18)22(19,20)16-10-4-2-3-9(15)7-10/h2-8,16H,1H3. The predicted octanol–water partition coefficient (Wildman–Crippen LogP) is 2.69. The fraction of sp³-hybridized carbons (Fsp3) is 0.0714. The highest BCUT2D eigenvalue weighted by Crippen LogP contribution is 2.22. The van der Waals surface area contributed by atoms with E-state index in [0.717, 1.165) is 4.47 Å². The van der Waals surface area contributed by atoms with Gasteiger partial charge in [-0.05, 0) is 30.3 Å². The Bertz CT molecular complexity index is 1020. The molecule has 0 radical (unpaired) electrons. The van der Waals surface area contributed by atoms with Crippen LogP contribution in [-0.4, -0.2) is 13.0 Å². The lowest BCUT2D eigenvalue weighted by molar-refractivity contribution is 0.527. The zero-order chi connectivity index (χ0) is 15.9. The second-order valence-corrected chi connectivity index (χ2v) is 7.27. The van der Waals surface area contributed by atoms with E-state index < -0.39 is 15.8 Å². The summed E-state index contributed by atoms with van der Waals surface area (Å²) < 4.78 is 34.4. The molecule has 0 unspecified atom stereocenters. The van der Waals surface area contributed by atoms with Gasteiger partial charge in [-0.2, -0.15) is 0 Å². The average Bonchev–Trinajstić information content (AvgIpc) is 2.73. The van der Waals surface area contributed by atoms with Crippen molar-refractivity contribution in [2.75, 3.05) is 4.72 Å². The minimum atomic E-state index is -3.77. The summed E-state index contributed by atoms with van der Waals surface area (Å²) in [6.45, 7) is 0. The molecule has 22 heavy (non-hydrogen) atoms. The van der Waals surface area contributed by atoms with E-state index in [1.807, 2.05) is 0 Å².